The zero-order chi connectivity index (χ0) is 12.4. The van der Waals surface area contributed by atoms with Crippen molar-refractivity contribution < 1.29 is 20.1 Å². The minimum atomic E-state index is -0.991. The van der Waals surface area contributed by atoms with Gasteiger partial charge in [0.05, 0.1) is 12.5 Å². The summed E-state index contributed by atoms with van der Waals surface area (Å²) in [5.74, 6) is -0.596. The van der Waals surface area contributed by atoms with Crippen LogP contribution in [-0.2, 0) is 4.79 Å². The van der Waals surface area contributed by atoms with Crippen molar-refractivity contribution in [3.8, 4) is 0 Å². The largest absolute Gasteiger partial charge is 0.481 e. The van der Waals surface area contributed by atoms with Crippen LogP contribution in [0.5, 0.6) is 0 Å². The highest BCUT2D eigenvalue weighted by Crippen LogP contribution is 2.09. The molecule has 16 heavy (non-hydrogen) atoms. The average Bonchev–Trinajstić information content (AvgIpc) is 2.17. The van der Waals surface area contributed by atoms with Gasteiger partial charge >= 0.3 is 5.97 Å². The first-order chi connectivity index (χ1) is 7.60. The maximum atomic E-state index is 10.3. The molecule has 0 aliphatic rings. The second kappa shape index (κ2) is 9.57. The number of aliphatic carboxylic acids is 1. The zero-order valence-electron chi connectivity index (χ0n) is 9.85. The van der Waals surface area contributed by atoms with Crippen molar-refractivity contribution >= 4 is 5.97 Å². The van der Waals surface area contributed by atoms with Crippen LogP contribution < -0.4 is 5.32 Å². The highest BCUT2D eigenvalue weighted by atomic mass is 16.4. The number of carboxylic acids is 1. The number of carbonyl (C=O) groups is 1. The first kappa shape index (κ1) is 15.3. The SMILES string of the molecule is CCCC(CCO)CNCC(O)CC(=O)O. The van der Waals surface area contributed by atoms with Crippen molar-refractivity contribution in [2.24, 2.45) is 5.92 Å². The van der Waals surface area contributed by atoms with Gasteiger partial charge in [0.15, 0.2) is 0 Å². The summed E-state index contributed by atoms with van der Waals surface area (Å²) in [6.45, 7) is 3.26. The topological polar surface area (TPSA) is 89.8 Å². The van der Waals surface area contributed by atoms with E-state index in [1.54, 1.807) is 0 Å². The Morgan fingerprint density at radius 2 is 2.00 bits per heavy atom. The molecule has 4 N–H and O–H groups in total. The summed E-state index contributed by atoms with van der Waals surface area (Å²) in [5, 5.41) is 29.6. The molecule has 0 saturated heterocycles. The van der Waals surface area contributed by atoms with Crippen LogP contribution in [-0.4, -0.2) is 47.1 Å². The quantitative estimate of drug-likeness (QED) is 0.433. The Morgan fingerprint density at radius 3 is 2.50 bits per heavy atom. The van der Waals surface area contributed by atoms with Gasteiger partial charge in [0.2, 0.25) is 0 Å². The van der Waals surface area contributed by atoms with E-state index in [0.29, 0.717) is 12.5 Å². The Labute approximate surface area is 96.5 Å². The molecule has 0 fully saturated rings. The van der Waals surface area contributed by atoms with Gasteiger partial charge in [0.1, 0.15) is 0 Å². The molecule has 0 aromatic carbocycles. The van der Waals surface area contributed by atoms with E-state index in [1.807, 2.05) is 0 Å². The number of aliphatic hydroxyl groups is 2. The summed E-state index contributed by atoms with van der Waals surface area (Å²) in [7, 11) is 0. The van der Waals surface area contributed by atoms with Gasteiger partial charge in [-0.05, 0) is 25.3 Å². The molecule has 0 spiro atoms. The molecule has 0 bridgehead atoms. The number of carboxylic acid groups (broad SMARTS) is 1. The molecule has 5 nitrogen and oxygen atoms in total. The summed E-state index contributed by atoms with van der Waals surface area (Å²) in [6, 6.07) is 0. The van der Waals surface area contributed by atoms with Gasteiger partial charge in [-0.25, -0.2) is 0 Å². The molecule has 2 unspecified atom stereocenters. The maximum absolute atomic E-state index is 10.3. The van der Waals surface area contributed by atoms with Crippen LogP contribution in [0.25, 0.3) is 0 Å². The Balaban J connectivity index is 3.63. The number of hydrogen-bond acceptors (Lipinski definition) is 4. The van der Waals surface area contributed by atoms with Crippen LogP contribution in [0.1, 0.15) is 32.6 Å². The van der Waals surface area contributed by atoms with E-state index in [4.69, 9.17) is 10.2 Å². The van der Waals surface area contributed by atoms with Gasteiger partial charge in [-0.1, -0.05) is 13.3 Å². The summed E-state index contributed by atoms with van der Waals surface area (Å²) in [5.41, 5.74) is 0. The first-order valence-electron chi connectivity index (χ1n) is 5.81. The fourth-order valence-electron chi connectivity index (χ4n) is 1.67. The fourth-order valence-corrected chi connectivity index (χ4v) is 1.67. The lowest BCUT2D eigenvalue weighted by atomic mass is 10.0. The van der Waals surface area contributed by atoms with Gasteiger partial charge in [-0.2, -0.15) is 0 Å². The van der Waals surface area contributed by atoms with Crippen LogP contribution in [0, 0.1) is 5.92 Å². The van der Waals surface area contributed by atoms with Gasteiger partial charge in [0.25, 0.3) is 0 Å². The third kappa shape index (κ3) is 8.64. The third-order valence-electron chi connectivity index (χ3n) is 2.46. The number of aliphatic hydroxyl groups excluding tert-OH is 2. The molecule has 0 rings (SSSR count). The Kier molecular flexibility index (Phi) is 9.18. The molecule has 0 aliphatic heterocycles. The Hall–Kier alpha value is -0.650. The summed E-state index contributed by atoms with van der Waals surface area (Å²) < 4.78 is 0. The van der Waals surface area contributed by atoms with Crippen molar-refractivity contribution in [3.05, 3.63) is 0 Å². The lowest BCUT2D eigenvalue weighted by Crippen LogP contribution is -2.32. The van der Waals surface area contributed by atoms with Crippen molar-refractivity contribution in [1.29, 1.82) is 0 Å². The minimum absolute atomic E-state index is 0.171. The molecular formula is C11H23NO4. The highest BCUT2D eigenvalue weighted by molar-refractivity contribution is 5.67. The van der Waals surface area contributed by atoms with E-state index in [-0.39, 0.29) is 19.6 Å². The Morgan fingerprint density at radius 1 is 1.31 bits per heavy atom. The molecule has 0 saturated carbocycles. The second-order valence-electron chi connectivity index (χ2n) is 4.08. The zero-order valence-corrected chi connectivity index (χ0v) is 9.85. The molecule has 96 valence electrons. The molecule has 0 aliphatic carbocycles. The van der Waals surface area contributed by atoms with Crippen molar-refractivity contribution in [2.75, 3.05) is 19.7 Å². The molecule has 0 aromatic rings. The lowest BCUT2D eigenvalue weighted by molar-refractivity contribution is -0.139. The van der Waals surface area contributed by atoms with E-state index in [0.717, 1.165) is 19.3 Å². The predicted octanol–water partition coefficient (Wildman–Crippen LogP) is 0.210. The number of rotatable bonds is 10. The van der Waals surface area contributed by atoms with Gasteiger partial charge < -0.3 is 20.6 Å². The smallest absolute Gasteiger partial charge is 0.306 e. The average molecular weight is 233 g/mol. The molecule has 0 amide bonds. The van der Waals surface area contributed by atoms with Crippen molar-refractivity contribution in [3.63, 3.8) is 0 Å². The monoisotopic (exact) mass is 233 g/mol. The van der Waals surface area contributed by atoms with Crippen molar-refractivity contribution in [2.45, 2.75) is 38.7 Å². The van der Waals surface area contributed by atoms with Crippen LogP contribution in [0.15, 0.2) is 0 Å². The summed E-state index contributed by atoms with van der Waals surface area (Å²) in [6.07, 6.45) is 1.77. The molecule has 0 aromatic heterocycles. The molecule has 2 atom stereocenters. The van der Waals surface area contributed by atoms with Crippen LogP contribution in [0.3, 0.4) is 0 Å². The molecule has 5 heteroatoms. The standard InChI is InChI=1S/C11H23NO4/c1-2-3-9(4-5-13)7-12-8-10(14)6-11(15)16/h9-10,12-14H,2-8H2,1H3,(H,15,16). The van der Waals surface area contributed by atoms with Crippen LogP contribution in [0.4, 0.5) is 0 Å². The van der Waals surface area contributed by atoms with Crippen molar-refractivity contribution in [1.82, 2.24) is 5.32 Å². The van der Waals surface area contributed by atoms with Gasteiger partial charge in [0, 0.05) is 13.2 Å². The molecule has 0 heterocycles. The molecule has 0 radical (unpaired) electrons. The van der Waals surface area contributed by atoms with E-state index in [9.17, 15) is 9.90 Å². The summed E-state index contributed by atoms with van der Waals surface area (Å²) in [4.78, 5) is 10.3. The predicted molar refractivity (Wildman–Crippen MR) is 61.2 cm³/mol. The maximum Gasteiger partial charge on any atom is 0.306 e. The van der Waals surface area contributed by atoms with E-state index < -0.39 is 12.1 Å². The molecular weight excluding hydrogens is 210 g/mol. The highest BCUT2D eigenvalue weighted by Gasteiger charge is 2.11. The number of nitrogens with one attached hydrogen (secondary N) is 1. The van der Waals surface area contributed by atoms with Gasteiger partial charge in [-0.3, -0.25) is 4.79 Å². The number of hydrogen-bond donors (Lipinski definition) is 4. The minimum Gasteiger partial charge on any atom is -0.481 e. The first-order valence-corrected chi connectivity index (χ1v) is 5.81. The van der Waals surface area contributed by atoms with Crippen LogP contribution >= 0.6 is 0 Å². The van der Waals surface area contributed by atoms with Crippen LogP contribution in [0.2, 0.25) is 0 Å². The van der Waals surface area contributed by atoms with E-state index in [1.165, 1.54) is 0 Å². The Bertz CT molecular complexity index is 181. The van der Waals surface area contributed by atoms with E-state index >= 15 is 0 Å². The normalized spacial score (nSPS) is 14.7. The third-order valence-corrected chi connectivity index (χ3v) is 2.46. The van der Waals surface area contributed by atoms with E-state index in [2.05, 4.69) is 12.2 Å². The van der Waals surface area contributed by atoms with Gasteiger partial charge in [-0.15, -0.1) is 0 Å². The fraction of sp³-hybridized carbons (Fsp3) is 0.909. The summed E-state index contributed by atoms with van der Waals surface area (Å²) >= 11 is 0. The second-order valence-corrected chi connectivity index (χ2v) is 4.08. The lowest BCUT2D eigenvalue weighted by Gasteiger charge is -2.17.